The van der Waals surface area contributed by atoms with Gasteiger partial charge in [0.15, 0.2) is 0 Å². The van der Waals surface area contributed by atoms with Crippen LogP contribution in [0.15, 0.2) is 48.5 Å². The third kappa shape index (κ3) is 3.08. The van der Waals surface area contributed by atoms with Crippen molar-refractivity contribution in [2.24, 2.45) is 0 Å². The Morgan fingerprint density at radius 2 is 1.90 bits per heavy atom. The molecule has 1 heterocycles. The van der Waals surface area contributed by atoms with Crippen LogP contribution in [0.4, 0.5) is 4.39 Å². The summed E-state index contributed by atoms with van der Waals surface area (Å²) >= 11 is 0. The number of aromatic nitrogens is 2. The second-order valence-electron chi connectivity index (χ2n) is 4.75. The summed E-state index contributed by atoms with van der Waals surface area (Å²) in [5.41, 5.74) is 2.17. The second kappa shape index (κ2) is 5.75. The highest BCUT2D eigenvalue weighted by atomic mass is 19.1. The predicted molar refractivity (Wildman–Crippen MR) is 78.0 cm³/mol. The Labute approximate surface area is 121 Å². The molecular formula is C16H14FN3O. The highest BCUT2D eigenvalue weighted by Crippen LogP contribution is 2.10. The van der Waals surface area contributed by atoms with Gasteiger partial charge in [-0.1, -0.05) is 30.3 Å². The van der Waals surface area contributed by atoms with Crippen LogP contribution in [0.25, 0.3) is 11.0 Å². The SMILES string of the molecule is O=C(Cc1ccccc1F)NCc1nc2ccccc2[nH]1. The Morgan fingerprint density at radius 1 is 1.14 bits per heavy atom. The number of hydrogen-bond donors (Lipinski definition) is 2. The number of para-hydroxylation sites is 2. The summed E-state index contributed by atoms with van der Waals surface area (Å²) in [6.07, 6.45) is 0.0207. The van der Waals surface area contributed by atoms with Gasteiger partial charge in [0.2, 0.25) is 5.91 Å². The van der Waals surface area contributed by atoms with E-state index in [1.807, 2.05) is 24.3 Å². The highest BCUT2D eigenvalue weighted by molar-refractivity contribution is 5.79. The van der Waals surface area contributed by atoms with Gasteiger partial charge >= 0.3 is 0 Å². The number of nitrogens with one attached hydrogen (secondary N) is 2. The third-order valence-electron chi connectivity index (χ3n) is 3.20. The fraction of sp³-hybridized carbons (Fsp3) is 0.125. The Hall–Kier alpha value is -2.69. The van der Waals surface area contributed by atoms with Gasteiger partial charge in [0.1, 0.15) is 11.6 Å². The second-order valence-corrected chi connectivity index (χ2v) is 4.75. The number of imidazole rings is 1. The van der Waals surface area contributed by atoms with Crippen LogP contribution in [0.2, 0.25) is 0 Å². The van der Waals surface area contributed by atoms with E-state index in [4.69, 9.17) is 0 Å². The van der Waals surface area contributed by atoms with E-state index in [9.17, 15) is 9.18 Å². The Morgan fingerprint density at radius 3 is 2.71 bits per heavy atom. The lowest BCUT2D eigenvalue weighted by molar-refractivity contribution is -0.120. The molecule has 3 rings (SSSR count). The first-order valence-corrected chi connectivity index (χ1v) is 6.66. The van der Waals surface area contributed by atoms with Crippen LogP contribution in [0.1, 0.15) is 11.4 Å². The average Bonchev–Trinajstić information content (AvgIpc) is 2.90. The fourth-order valence-corrected chi connectivity index (χ4v) is 2.15. The first-order valence-electron chi connectivity index (χ1n) is 6.66. The topological polar surface area (TPSA) is 57.8 Å². The van der Waals surface area contributed by atoms with Crippen LogP contribution in [0.5, 0.6) is 0 Å². The van der Waals surface area contributed by atoms with Gasteiger partial charge in [-0.25, -0.2) is 9.37 Å². The molecule has 0 atom stereocenters. The fourth-order valence-electron chi connectivity index (χ4n) is 2.15. The first kappa shape index (κ1) is 13.3. The summed E-state index contributed by atoms with van der Waals surface area (Å²) in [6.45, 7) is 0.294. The molecule has 0 aliphatic rings. The molecule has 0 fully saturated rings. The summed E-state index contributed by atoms with van der Waals surface area (Å²) in [4.78, 5) is 19.3. The van der Waals surface area contributed by atoms with Crippen molar-refractivity contribution in [3.8, 4) is 0 Å². The number of benzene rings is 2. The molecule has 106 valence electrons. The molecule has 3 aromatic rings. The third-order valence-corrected chi connectivity index (χ3v) is 3.20. The molecule has 0 saturated heterocycles. The molecule has 0 spiro atoms. The summed E-state index contributed by atoms with van der Waals surface area (Å²) in [5, 5.41) is 2.74. The zero-order chi connectivity index (χ0) is 14.7. The Balaban J connectivity index is 1.62. The normalized spacial score (nSPS) is 10.7. The van der Waals surface area contributed by atoms with Crippen molar-refractivity contribution in [1.82, 2.24) is 15.3 Å². The summed E-state index contributed by atoms with van der Waals surface area (Å²) in [6, 6.07) is 13.9. The molecule has 2 aromatic carbocycles. The number of amides is 1. The Bertz CT molecular complexity index is 749. The lowest BCUT2D eigenvalue weighted by Crippen LogP contribution is -2.25. The van der Waals surface area contributed by atoms with Crippen molar-refractivity contribution in [2.75, 3.05) is 0 Å². The quantitative estimate of drug-likeness (QED) is 0.773. The number of carbonyl (C=O) groups is 1. The maximum Gasteiger partial charge on any atom is 0.224 e. The largest absolute Gasteiger partial charge is 0.349 e. The molecule has 5 heteroatoms. The van der Waals surface area contributed by atoms with Crippen molar-refractivity contribution in [2.45, 2.75) is 13.0 Å². The number of rotatable bonds is 4. The van der Waals surface area contributed by atoms with Crippen molar-refractivity contribution in [1.29, 1.82) is 0 Å². The van der Waals surface area contributed by atoms with E-state index >= 15 is 0 Å². The van der Waals surface area contributed by atoms with E-state index < -0.39 is 0 Å². The molecule has 2 N–H and O–H groups in total. The van der Waals surface area contributed by atoms with Gasteiger partial charge in [0.25, 0.3) is 0 Å². The number of carbonyl (C=O) groups excluding carboxylic acids is 1. The van der Waals surface area contributed by atoms with Gasteiger partial charge in [-0.05, 0) is 23.8 Å². The van der Waals surface area contributed by atoms with Gasteiger partial charge in [-0.3, -0.25) is 4.79 Å². The minimum Gasteiger partial charge on any atom is -0.349 e. The van der Waals surface area contributed by atoms with Crippen molar-refractivity contribution >= 4 is 16.9 Å². The molecular weight excluding hydrogens is 269 g/mol. The van der Waals surface area contributed by atoms with Gasteiger partial charge in [-0.2, -0.15) is 0 Å². The lowest BCUT2D eigenvalue weighted by atomic mass is 10.1. The number of hydrogen-bond acceptors (Lipinski definition) is 2. The molecule has 4 nitrogen and oxygen atoms in total. The Kier molecular flexibility index (Phi) is 3.64. The molecule has 0 radical (unpaired) electrons. The van der Waals surface area contributed by atoms with Gasteiger partial charge in [0, 0.05) is 0 Å². The smallest absolute Gasteiger partial charge is 0.224 e. The minimum atomic E-state index is -0.364. The summed E-state index contributed by atoms with van der Waals surface area (Å²) in [7, 11) is 0. The summed E-state index contributed by atoms with van der Waals surface area (Å²) in [5.74, 6) is 0.0787. The van der Waals surface area contributed by atoms with E-state index in [2.05, 4.69) is 15.3 Å². The van der Waals surface area contributed by atoms with Crippen molar-refractivity contribution in [3.05, 3.63) is 65.7 Å². The first-order chi connectivity index (χ1) is 10.2. The molecule has 1 amide bonds. The predicted octanol–water partition coefficient (Wildman–Crippen LogP) is 2.56. The molecule has 21 heavy (non-hydrogen) atoms. The standard InChI is InChI=1S/C16H14FN3O/c17-12-6-2-1-5-11(12)9-16(21)18-10-15-19-13-7-3-4-8-14(13)20-15/h1-8H,9-10H2,(H,18,21)(H,19,20). The van der Waals surface area contributed by atoms with Crippen LogP contribution in [0.3, 0.4) is 0 Å². The maximum absolute atomic E-state index is 13.5. The number of H-pyrrole nitrogens is 1. The average molecular weight is 283 g/mol. The number of aromatic amines is 1. The van der Waals surface area contributed by atoms with E-state index in [0.29, 0.717) is 17.9 Å². The molecule has 0 aliphatic carbocycles. The molecule has 0 bridgehead atoms. The van der Waals surface area contributed by atoms with Crippen LogP contribution in [-0.2, 0) is 17.8 Å². The van der Waals surface area contributed by atoms with Crippen LogP contribution < -0.4 is 5.32 Å². The molecule has 0 aliphatic heterocycles. The van der Waals surface area contributed by atoms with E-state index in [-0.39, 0.29) is 18.1 Å². The van der Waals surface area contributed by atoms with E-state index in [0.717, 1.165) is 11.0 Å². The van der Waals surface area contributed by atoms with Crippen LogP contribution >= 0.6 is 0 Å². The van der Waals surface area contributed by atoms with Crippen molar-refractivity contribution < 1.29 is 9.18 Å². The minimum absolute atomic E-state index is 0.0207. The zero-order valence-corrected chi connectivity index (χ0v) is 11.3. The van der Waals surface area contributed by atoms with Gasteiger partial charge in [-0.15, -0.1) is 0 Å². The highest BCUT2D eigenvalue weighted by Gasteiger charge is 2.08. The monoisotopic (exact) mass is 283 g/mol. The van der Waals surface area contributed by atoms with Gasteiger partial charge < -0.3 is 10.3 Å². The molecule has 0 saturated carbocycles. The molecule has 0 unspecified atom stereocenters. The number of fused-ring (bicyclic) bond motifs is 1. The zero-order valence-electron chi connectivity index (χ0n) is 11.3. The van der Waals surface area contributed by atoms with Crippen molar-refractivity contribution in [3.63, 3.8) is 0 Å². The van der Waals surface area contributed by atoms with Crippen LogP contribution in [-0.4, -0.2) is 15.9 Å². The summed E-state index contributed by atoms with van der Waals surface area (Å²) < 4.78 is 13.5. The lowest BCUT2D eigenvalue weighted by Gasteiger charge is -2.04. The van der Waals surface area contributed by atoms with E-state index in [1.54, 1.807) is 18.2 Å². The maximum atomic E-state index is 13.5. The molecule has 1 aromatic heterocycles. The van der Waals surface area contributed by atoms with Gasteiger partial charge in [0.05, 0.1) is 24.0 Å². The van der Waals surface area contributed by atoms with E-state index in [1.165, 1.54) is 6.07 Å². The number of nitrogens with zero attached hydrogens (tertiary/aromatic N) is 1. The van der Waals surface area contributed by atoms with Crippen LogP contribution in [0, 0.1) is 5.82 Å². The number of halogens is 1.